The van der Waals surface area contributed by atoms with Crippen LogP contribution >= 0.6 is 36.4 Å². The fourth-order valence-electron chi connectivity index (χ4n) is 2.95. The number of hydrogen-bond acceptors (Lipinski definition) is 5. The van der Waals surface area contributed by atoms with E-state index in [0.717, 1.165) is 38.3 Å². The molecular formula is C15H23Cl3FN5O. The molecule has 3 rings (SSSR count). The molecule has 6 nitrogen and oxygen atoms in total. The summed E-state index contributed by atoms with van der Waals surface area (Å²) < 4.78 is 12.6. The molecule has 2 N–H and O–H groups in total. The van der Waals surface area contributed by atoms with Gasteiger partial charge in [0.15, 0.2) is 0 Å². The van der Waals surface area contributed by atoms with Crippen molar-refractivity contribution in [3.05, 3.63) is 23.0 Å². The Kier molecular flexibility index (Phi) is 9.16. The fraction of sp³-hybridized carbons (Fsp3) is 0.600. The van der Waals surface area contributed by atoms with Crippen LogP contribution < -0.4 is 15.6 Å². The molecule has 2 fully saturated rings. The van der Waals surface area contributed by atoms with Crippen molar-refractivity contribution in [2.24, 2.45) is 5.92 Å². The Hall–Kier alpha value is -0.860. The van der Waals surface area contributed by atoms with Crippen molar-refractivity contribution in [2.45, 2.75) is 6.42 Å². The van der Waals surface area contributed by atoms with E-state index < -0.39 is 0 Å². The first kappa shape index (κ1) is 22.2. The Balaban J connectivity index is 0.00000156. The van der Waals surface area contributed by atoms with Gasteiger partial charge >= 0.3 is 0 Å². The minimum atomic E-state index is -0.356. The van der Waals surface area contributed by atoms with Crippen molar-refractivity contribution < 1.29 is 9.18 Å². The normalized spacial score (nSPS) is 20.6. The number of amides is 1. The Morgan fingerprint density at radius 2 is 2.08 bits per heavy atom. The van der Waals surface area contributed by atoms with E-state index in [2.05, 4.69) is 20.6 Å². The number of alkyl halides is 1. The highest BCUT2D eigenvalue weighted by molar-refractivity contribution is 6.33. The van der Waals surface area contributed by atoms with Gasteiger partial charge in [0.25, 0.3) is 5.91 Å². The summed E-state index contributed by atoms with van der Waals surface area (Å²) in [6.07, 6.45) is 2.43. The van der Waals surface area contributed by atoms with Crippen molar-refractivity contribution in [1.82, 2.24) is 20.7 Å². The maximum atomic E-state index is 12.6. The summed E-state index contributed by atoms with van der Waals surface area (Å²) >= 11 is 6.24. The van der Waals surface area contributed by atoms with Gasteiger partial charge in [-0.3, -0.25) is 14.6 Å². The van der Waals surface area contributed by atoms with Crippen LogP contribution in [0.2, 0.25) is 5.02 Å². The summed E-state index contributed by atoms with van der Waals surface area (Å²) in [7, 11) is 0. The van der Waals surface area contributed by atoms with Gasteiger partial charge in [-0.25, -0.2) is 9.99 Å². The summed E-state index contributed by atoms with van der Waals surface area (Å²) in [5.41, 5.74) is 3.88. The number of carbonyl (C=O) groups is 1. The molecule has 2 saturated heterocycles. The van der Waals surface area contributed by atoms with Crippen LogP contribution in [0.1, 0.15) is 16.9 Å². The highest BCUT2D eigenvalue weighted by Crippen LogP contribution is 2.22. The second-order valence-electron chi connectivity index (χ2n) is 5.96. The lowest BCUT2D eigenvalue weighted by Gasteiger charge is -2.29. The molecule has 3 heterocycles. The zero-order chi connectivity index (χ0) is 16.2. The number of nitrogens with one attached hydrogen (secondary N) is 2. The lowest BCUT2D eigenvalue weighted by Crippen LogP contribution is -2.43. The van der Waals surface area contributed by atoms with Gasteiger partial charge in [-0.2, -0.15) is 0 Å². The number of anilines is 1. The van der Waals surface area contributed by atoms with Crippen LogP contribution in [0, 0.1) is 5.92 Å². The van der Waals surface area contributed by atoms with Gasteiger partial charge in [0.1, 0.15) is 5.69 Å². The monoisotopic (exact) mass is 413 g/mol. The van der Waals surface area contributed by atoms with E-state index in [4.69, 9.17) is 11.6 Å². The molecule has 0 bridgehead atoms. The number of nitrogens with zero attached hydrogens (tertiary/aromatic N) is 3. The van der Waals surface area contributed by atoms with Crippen molar-refractivity contribution >= 4 is 48.0 Å². The van der Waals surface area contributed by atoms with Crippen LogP contribution in [-0.2, 0) is 0 Å². The molecule has 1 amide bonds. The smallest absolute Gasteiger partial charge is 0.285 e. The Labute approximate surface area is 164 Å². The van der Waals surface area contributed by atoms with E-state index in [1.807, 2.05) is 0 Å². The second kappa shape index (κ2) is 10.3. The molecule has 1 aromatic heterocycles. The van der Waals surface area contributed by atoms with Gasteiger partial charge in [0.2, 0.25) is 0 Å². The van der Waals surface area contributed by atoms with E-state index in [9.17, 15) is 9.18 Å². The van der Waals surface area contributed by atoms with Crippen molar-refractivity contribution in [3.63, 3.8) is 0 Å². The minimum absolute atomic E-state index is 0. The standard InChI is InChI=1S/C15H21ClFN5O.2ClH/c16-13-7-12(21-5-2-18-3-6-21)9-19-14(13)15(23)20-22-4-1-11(8-17)10-22;;/h7,9,11,18H,1-6,8,10H2,(H,20,23);2*1H. The largest absolute Gasteiger partial charge is 0.368 e. The average Bonchev–Trinajstić information content (AvgIpc) is 3.03. The number of carbonyl (C=O) groups excluding carboxylic acids is 1. The number of halogens is 4. The van der Waals surface area contributed by atoms with Crippen molar-refractivity contribution in [1.29, 1.82) is 0 Å². The van der Waals surface area contributed by atoms with Gasteiger partial charge in [0, 0.05) is 45.2 Å². The van der Waals surface area contributed by atoms with Crippen molar-refractivity contribution in [3.8, 4) is 0 Å². The van der Waals surface area contributed by atoms with Crippen LogP contribution in [0.3, 0.4) is 0 Å². The molecule has 0 aromatic carbocycles. The predicted octanol–water partition coefficient (Wildman–Crippen LogP) is 1.92. The maximum Gasteiger partial charge on any atom is 0.285 e. The molecule has 1 atom stereocenters. The van der Waals surface area contributed by atoms with Gasteiger partial charge in [0.05, 0.1) is 23.6 Å². The molecule has 0 aliphatic carbocycles. The summed E-state index contributed by atoms with van der Waals surface area (Å²) in [5, 5.41) is 5.35. The van der Waals surface area contributed by atoms with Gasteiger partial charge in [-0.05, 0) is 12.5 Å². The van der Waals surface area contributed by atoms with E-state index in [0.29, 0.717) is 18.1 Å². The van der Waals surface area contributed by atoms with E-state index in [1.165, 1.54) is 0 Å². The molecule has 1 aromatic rings. The highest BCUT2D eigenvalue weighted by Gasteiger charge is 2.25. The topological polar surface area (TPSA) is 60.5 Å². The number of hydrogen-bond donors (Lipinski definition) is 2. The summed E-state index contributed by atoms with van der Waals surface area (Å²) in [6.45, 7) is 4.44. The molecule has 25 heavy (non-hydrogen) atoms. The molecule has 0 radical (unpaired) electrons. The molecule has 142 valence electrons. The number of piperazine rings is 1. The molecule has 0 spiro atoms. The van der Waals surface area contributed by atoms with Crippen LogP contribution in [0.15, 0.2) is 12.3 Å². The number of rotatable bonds is 4. The predicted molar refractivity (Wildman–Crippen MR) is 102 cm³/mol. The Morgan fingerprint density at radius 3 is 2.68 bits per heavy atom. The number of pyridine rings is 1. The summed E-state index contributed by atoms with van der Waals surface area (Å²) in [5.74, 6) is -0.352. The van der Waals surface area contributed by atoms with Gasteiger partial charge < -0.3 is 10.2 Å². The first-order valence-electron chi connectivity index (χ1n) is 7.90. The van der Waals surface area contributed by atoms with Crippen LogP contribution in [0.4, 0.5) is 10.1 Å². The van der Waals surface area contributed by atoms with Gasteiger partial charge in [-0.15, -0.1) is 24.8 Å². The molecule has 1 unspecified atom stereocenters. The average molecular weight is 415 g/mol. The molecule has 2 aliphatic heterocycles. The first-order chi connectivity index (χ1) is 11.2. The Bertz CT molecular complexity index is 574. The van der Waals surface area contributed by atoms with E-state index in [1.54, 1.807) is 17.3 Å². The summed E-state index contributed by atoms with van der Waals surface area (Å²) in [6, 6.07) is 1.78. The highest BCUT2D eigenvalue weighted by atomic mass is 35.5. The zero-order valence-corrected chi connectivity index (χ0v) is 16.1. The molecular weight excluding hydrogens is 392 g/mol. The van der Waals surface area contributed by atoms with Gasteiger partial charge in [-0.1, -0.05) is 11.6 Å². The van der Waals surface area contributed by atoms with Crippen molar-refractivity contribution in [2.75, 3.05) is 50.8 Å². The third kappa shape index (κ3) is 5.56. The maximum absolute atomic E-state index is 12.6. The lowest BCUT2D eigenvalue weighted by atomic mass is 10.1. The van der Waals surface area contributed by atoms with Crippen LogP contribution in [0.5, 0.6) is 0 Å². The molecule has 10 heteroatoms. The Morgan fingerprint density at radius 1 is 1.36 bits per heavy atom. The first-order valence-corrected chi connectivity index (χ1v) is 8.28. The lowest BCUT2D eigenvalue weighted by molar-refractivity contribution is 0.0813. The minimum Gasteiger partial charge on any atom is -0.368 e. The van der Waals surface area contributed by atoms with Crippen LogP contribution in [0.25, 0.3) is 0 Å². The number of aromatic nitrogens is 1. The molecule has 0 saturated carbocycles. The third-order valence-corrected chi connectivity index (χ3v) is 4.58. The van der Waals surface area contributed by atoms with E-state index in [-0.39, 0.29) is 49.0 Å². The zero-order valence-electron chi connectivity index (χ0n) is 13.7. The fourth-order valence-corrected chi connectivity index (χ4v) is 3.19. The summed E-state index contributed by atoms with van der Waals surface area (Å²) in [4.78, 5) is 18.7. The van der Waals surface area contributed by atoms with Crippen LogP contribution in [-0.4, -0.2) is 61.8 Å². The van der Waals surface area contributed by atoms with E-state index >= 15 is 0 Å². The SMILES string of the molecule is Cl.Cl.O=C(NN1CCC(CF)C1)c1ncc(N2CCNCC2)cc1Cl. The number of hydrazine groups is 1. The quantitative estimate of drug-likeness (QED) is 0.788. The molecule has 2 aliphatic rings. The third-order valence-electron chi connectivity index (χ3n) is 4.29. The second-order valence-corrected chi connectivity index (χ2v) is 6.36.